The molecule has 7 heteroatoms. The average molecular weight is 277 g/mol. The highest BCUT2D eigenvalue weighted by Gasteiger charge is 2.40. The summed E-state index contributed by atoms with van der Waals surface area (Å²) in [4.78, 5) is 5.72. The molecule has 0 aromatic carbocycles. The van der Waals surface area contributed by atoms with E-state index in [0.29, 0.717) is 17.1 Å². The summed E-state index contributed by atoms with van der Waals surface area (Å²) in [7, 11) is 0. The van der Waals surface area contributed by atoms with E-state index in [-0.39, 0.29) is 0 Å². The van der Waals surface area contributed by atoms with Crippen LogP contribution in [0.25, 0.3) is 0 Å². The number of fused-ring (bicyclic) bond motifs is 1. The fraction of sp³-hybridized carbons (Fsp3) is 0.818. The SMILES string of the molecule is FC(F)(F)c1nsc(N2CCC[C@H]3CCC[C@H]32)n1. The molecule has 0 spiro atoms. The molecule has 1 saturated heterocycles. The Kier molecular flexibility index (Phi) is 2.96. The topological polar surface area (TPSA) is 29.0 Å². The van der Waals surface area contributed by atoms with Gasteiger partial charge in [-0.25, -0.2) is 0 Å². The highest BCUT2D eigenvalue weighted by molar-refractivity contribution is 7.09. The Labute approximate surface area is 107 Å². The molecule has 2 atom stereocenters. The van der Waals surface area contributed by atoms with Gasteiger partial charge in [0.15, 0.2) is 0 Å². The molecule has 0 amide bonds. The van der Waals surface area contributed by atoms with Crippen LogP contribution in [0.2, 0.25) is 0 Å². The van der Waals surface area contributed by atoms with Crippen LogP contribution in [-0.4, -0.2) is 21.9 Å². The molecule has 1 aromatic rings. The van der Waals surface area contributed by atoms with Crippen LogP contribution in [0.4, 0.5) is 18.3 Å². The Morgan fingerprint density at radius 3 is 2.67 bits per heavy atom. The number of rotatable bonds is 1. The van der Waals surface area contributed by atoms with Crippen LogP contribution in [0.5, 0.6) is 0 Å². The van der Waals surface area contributed by atoms with Crippen molar-refractivity contribution < 1.29 is 13.2 Å². The van der Waals surface area contributed by atoms with Crippen molar-refractivity contribution in [2.45, 2.75) is 44.3 Å². The summed E-state index contributed by atoms with van der Waals surface area (Å²) in [5, 5.41) is 0.443. The molecular weight excluding hydrogens is 263 g/mol. The number of anilines is 1. The first-order chi connectivity index (χ1) is 8.55. The number of nitrogens with zero attached hydrogens (tertiary/aromatic N) is 3. The van der Waals surface area contributed by atoms with E-state index in [2.05, 4.69) is 9.36 Å². The quantitative estimate of drug-likeness (QED) is 0.788. The first-order valence-corrected chi connectivity index (χ1v) is 7.00. The number of halogens is 3. The standard InChI is InChI=1S/C11H14F3N3S/c12-11(13,14)9-15-10(18-16-9)17-6-2-4-7-3-1-5-8(7)17/h7-8H,1-6H2/t7-,8-/m1/s1. The zero-order valence-corrected chi connectivity index (χ0v) is 10.6. The van der Waals surface area contributed by atoms with Gasteiger partial charge in [-0.1, -0.05) is 6.42 Å². The fourth-order valence-electron chi connectivity index (χ4n) is 3.14. The van der Waals surface area contributed by atoms with Crippen molar-refractivity contribution in [2.24, 2.45) is 5.92 Å². The summed E-state index contributed by atoms with van der Waals surface area (Å²) in [6.07, 6.45) is 1.27. The van der Waals surface area contributed by atoms with Gasteiger partial charge < -0.3 is 4.90 Å². The minimum Gasteiger partial charge on any atom is -0.344 e. The van der Waals surface area contributed by atoms with Gasteiger partial charge in [-0.15, -0.1) is 0 Å². The molecule has 18 heavy (non-hydrogen) atoms. The number of hydrogen-bond acceptors (Lipinski definition) is 4. The van der Waals surface area contributed by atoms with Crippen molar-refractivity contribution >= 4 is 16.7 Å². The van der Waals surface area contributed by atoms with Crippen LogP contribution >= 0.6 is 11.5 Å². The molecule has 0 unspecified atom stereocenters. The summed E-state index contributed by atoms with van der Waals surface area (Å²) in [6, 6.07) is 0.382. The molecule has 1 aliphatic heterocycles. The van der Waals surface area contributed by atoms with Gasteiger partial charge in [-0.05, 0) is 31.6 Å². The lowest BCUT2D eigenvalue weighted by molar-refractivity contribution is -0.144. The van der Waals surface area contributed by atoms with E-state index in [0.717, 1.165) is 30.9 Å². The van der Waals surface area contributed by atoms with E-state index in [4.69, 9.17) is 0 Å². The van der Waals surface area contributed by atoms with E-state index in [1.807, 2.05) is 4.90 Å². The van der Waals surface area contributed by atoms with Crippen LogP contribution in [0.3, 0.4) is 0 Å². The van der Waals surface area contributed by atoms with Crippen molar-refractivity contribution in [2.75, 3.05) is 11.4 Å². The lowest BCUT2D eigenvalue weighted by atomic mass is 9.92. The van der Waals surface area contributed by atoms with Crippen LogP contribution in [0.15, 0.2) is 0 Å². The van der Waals surface area contributed by atoms with Crippen LogP contribution in [-0.2, 0) is 6.18 Å². The smallest absolute Gasteiger partial charge is 0.344 e. The van der Waals surface area contributed by atoms with Gasteiger partial charge in [0.2, 0.25) is 11.0 Å². The molecule has 1 aliphatic carbocycles. The first-order valence-electron chi connectivity index (χ1n) is 6.23. The lowest BCUT2D eigenvalue weighted by Gasteiger charge is -2.37. The third-order valence-corrected chi connectivity index (χ3v) is 4.66. The van der Waals surface area contributed by atoms with Crippen molar-refractivity contribution in [3.8, 4) is 0 Å². The fourth-order valence-corrected chi connectivity index (χ4v) is 3.91. The monoisotopic (exact) mass is 277 g/mol. The van der Waals surface area contributed by atoms with Crippen LogP contribution < -0.4 is 4.90 Å². The number of alkyl halides is 3. The largest absolute Gasteiger partial charge is 0.452 e. The number of piperidine rings is 1. The first kappa shape index (κ1) is 12.2. The predicted octanol–water partition coefficient (Wildman–Crippen LogP) is 3.33. The van der Waals surface area contributed by atoms with Crippen molar-refractivity contribution in [1.29, 1.82) is 0 Å². The lowest BCUT2D eigenvalue weighted by Crippen LogP contribution is -2.42. The molecule has 0 bridgehead atoms. The van der Waals surface area contributed by atoms with Gasteiger partial charge >= 0.3 is 6.18 Å². The second kappa shape index (κ2) is 4.36. The Morgan fingerprint density at radius 1 is 1.17 bits per heavy atom. The van der Waals surface area contributed by atoms with E-state index in [9.17, 15) is 13.2 Å². The third kappa shape index (κ3) is 2.08. The maximum atomic E-state index is 12.5. The zero-order chi connectivity index (χ0) is 12.8. The Hall–Kier alpha value is -0.850. The maximum Gasteiger partial charge on any atom is 0.452 e. The van der Waals surface area contributed by atoms with Gasteiger partial charge in [0, 0.05) is 24.1 Å². The summed E-state index contributed by atoms with van der Waals surface area (Å²) in [5.41, 5.74) is 0. The van der Waals surface area contributed by atoms with E-state index in [1.54, 1.807) is 0 Å². The highest BCUT2D eigenvalue weighted by Crippen LogP contribution is 2.40. The van der Waals surface area contributed by atoms with Crippen LogP contribution in [0, 0.1) is 5.92 Å². The van der Waals surface area contributed by atoms with E-state index < -0.39 is 12.0 Å². The number of aromatic nitrogens is 2. The average Bonchev–Trinajstić information content (AvgIpc) is 2.96. The maximum absolute atomic E-state index is 12.5. The molecule has 2 aliphatic rings. The van der Waals surface area contributed by atoms with Gasteiger partial charge in [-0.3, -0.25) is 0 Å². The van der Waals surface area contributed by atoms with Gasteiger partial charge in [0.1, 0.15) is 0 Å². The van der Waals surface area contributed by atoms with Crippen LogP contribution in [0.1, 0.15) is 37.9 Å². The third-order valence-electron chi connectivity index (χ3n) is 3.91. The van der Waals surface area contributed by atoms with Crippen molar-refractivity contribution in [3.63, 3.8) is 0 Å². The van der Waals surface area contributed by atoms with Crippen molar-refractivity contribution in [1.82, 2.24) is 9.36 Å². The van der Waals surface area contributed by atoms with Gasteiger partial charge in [0.25, 0.3) is 0 Å². The van der Waals surface area contributed by atoms with E-state index in [1.165, 1.54) is 19.3 Å². The van der Waals surface area contributed by atoms with E-state index >= 15 is 0 Å². The second-order valence-corrected chi connectivity index (χ2v) is 5.72. The molecular formula is C11H14F3N3S. The molecule has 1 saturated carbocycles. The van der Waals surface area contributed by atoms with Gasteiger partial charge in [-0.2, -0.15) is 22.5 Å². The summed E-state index contributed by atoms with van der Waals surface area (Å²) < 4.78 is 40.9. The molecule has 0 radical (unpaired) electrons. The molecule has 0 N–H and O–H groups in total. The summed E-state index contributed by atoms with van der Waals surface area (Å²) in [5.74, 6) is -0.361. The normalized spacial score (nSPS) is 28.5. The Balaban J connectivity index is 1.83. The van der Waals surface area contributed by atoms with Crippen molar-refractivity contribution in [3.05, 3.63) is 5.82 Å². The minimum atomic E-state index is -4.43. The second-order valence-electron chi connectivity index (χ2n) is 4.99. The molecule has 2 heterocycles. The molecule has 3 rings (SSSR count). The molecule has 1 aromatic heterocycles. The van der Waals surface area contributed by atoms with Gasteiger partial charge in [0.05, 0.1) is 0 Å². The predicted molar refractivity (Wildman–Crippen MR) is 62.6 cm³/mol. The molecule has 3 nitrogen and oxygen atoms in total. The molecule has 2 fully saturated rings. The summed E-state index contributed by atoms with van der Waals surface area (Å²) in [6.45, 7) is 0.813. The zero-order valence-electron chi connectivity index (χ0n) is 9.78. The highest BCUT2D eigenvalue weighted by atomic mass is 32.1. The number of hydrogen-bond donors (Lipinski definition) is 0. The minimum absolute atomic E-state index is 0.382. The summed E-state index contributed by atoms with van der Waals surface area (Å²) >= 11 is 0.877. The Morgan fingerprint density at radius 2 is 1.94 bits per heavy atom. The Bertz CT molecular complexity index is 431. The molecule has 100 valence electrons.